The number of anilines is 6. The number of aromatic amines is 2. The van der Waals surface area contributed by atoms with Gasteiger partial charge in [0.15, 0.2) is 0 Å². The lowest BCUT2D eigenvalue weighted by Crippen LogP contribution is -2.50. The summed E-state index contributed by atoms with van der Waals surface area (Å²) < 4.78 is 19.9. The molecule has 24 heteroatoms. The van der Waals surface area contributed by atoms with E-state index in [-0.39, 0.29) is 78.5 Å². The third-order valence-electron chi connectivity index (χ3n) is 10.7. The molecule has 3 aliphatic heterocycles. The number of piperidine rings is 3. The fourth-order valence-corrected chi connectivity index (χ4v) is 7.87. The summed E-state index contributed by atoms with van der Waals surface area (Å²) in [5.41, 5.74) is 12.8. The van der Waals surface area contributed by atoms with Gasteiger partial charge in [-0.3, -0.25) is 29.4 Å². The van der Waals surface area contributed by atoms with E-state index in [2.05, 4.69) is 61.0 Å². The Morgan fingerprint density at radius 2 is 1.16 bits per heavy atom. The molecule has 0 aliphatic carbocycles. The maximum Gasteiger partial charge on any atom is 0.310 e. The fraction of sp³-hybridized carbons (Fsp3) is 0.581. The first-order chi connectivity index (χ1) is 31.4. The van der Waals surface area contributed by atoms with Crippen LogP contribution in [-0.4, -0.2) is 142 Å². The van der Waals surface area contributed by atoms with Gasteiger partial charge < -0.3 is 56.2 Å². The summed E-state index contributed by atoms with van der Waals surface area (Å²) in [5.74, 6) is 1.95. The van der Waals surface area contributed by atoms with Crippen LogP contribution in [0.3, 0.4) is 0 Å². The van der Waals surface area contributed by atoms with Gasteiger partial charge in [-0.25, -0.2) is 9.97 Å². The number of halogens is 1. The maximum atomic E-state index is 12.4. The van der Waals surface area contributed by atoms with Crippen molar-refractivity contribution >= 4 is 71.5 Å². The Hall–Kier alpha value is -6.17. The number of esters is 4. The predicted molar refractivity (Wildman–Crippen MR) is 252 cm³/mol. The summed E-state index contributed by atoms with van der Waals surface area (Å²) in [6.45, 7) is 12.8. The minimum atomic E-state index is -0.555. The zero-order valence-corrected chi connectivity index (χ0v) is 40.2. The number of hydrogen-bond acceptors (Lipinski definition) is 21. The molecule has 3 saturated heterocycles. The number of ether oxygens (including phenoxy) is 4. The molecule has 0 spiro atoms. The van der Waals surface area contributed by atoms with Crippen molar-refractivity contribution in [2.75, 3.05) is 81.0 Å². The molecule has 7 rings (SSSR count). The Balaban J connectivity index is 0.000000240. The van der Waals surface area contributed by atoms with E-state index in [0.717, 1.165) is 30.2 Å². The quantitative estimate of drug-likeness (QED) is 0.0839. The van der Waals surface area contributed by atoms with E-state index in [1.807, 2.05) is 56.6 Å². The standard InChI is InChI=1S/C21H30N6O4.C15H21N7O2.C7H14N2O2.ClH/c1-13-8-17(24-16-6-7-22-26-16)25-20(23-13)27-11-14(9-15(12-27)19(29)30-5)10-18(28)31-21(2,3)4;1-9-5-13(19-12-3-4-17-21-12)20-15(18-9)22-7-10(14(23)24-2)6-11(16)8-22;1-11-7(10)5-2-6(8)4-9-3-5;/h6-8,14-15H,9-12H2,1-5H3,(H2,22,23,24,25,26);3-5,10-11H,6-8,16H2,1-2H3,(H2,17,18,19,20,21);5-6,9H,2-4,8H2,1H3;1H/t14-,15-;10-,11+;5-,6+;/m111./s1. The minimum Gasteiger partial charge on any atom is -0.469 e. The highest BCUT2D eigenvalue weighted by atomic mass is 35.5. The van der Waals surface area contributed by atoms with Gasteiger partial charge in [0.25, 0.3) is 0 Å². The van der Waals surface area contributed by atoms with Crippen LogP contribution in [0.15, 0.2) is 36.7 Å². The minimum absolute atomic E-state index is 0. The Morgan fingerprint density at radius 1 is 0.687 bits per heavy atom. The van der Waals surface area contributed by atoms with Crippen molar-refractivity contribution in [2.24, 2.45) is 35.1 Å². The summed E-state index contributed by atoms with van der Waals surface area (Å²) >= 11 is 0. The number of nitrogens with zero attached hydrogens (tertiary/aromatic N) is 8. The van der Waals surface area contributed by atoms with Crippen molar-refractivity contribution in [3.05, 3.63) is 48.0 Å². The lowest BCUT2D eigenvalue weighted by molar-refractivity contribution is -0.157. The number of hydrogen-bond donors (Lipinski definition) is 7. The third-order valence-corrected chi connectivity index (χ3v) is 10.7. The van der Waals surface area contributed by atoms with Gasteiger partial charge in [-0.2, -0.15) is 20.2 Å². The predicted octanol–water partition coefficient (Wildman–Crippen LogP) is 2.70. The average Bonchev–Trinajstić information content (AvgIpc) is 3.99. The van der Waals surface area contributed by atoms with Crippen molar-refractivity contribution in [1.82, 2.24) is 45.6 Å². The lowest BCUT2D eigenvalue weighted by Gasteiger charge is -2.36. The van der Waals surface area contributed by atoms with Crippen molar-refractivity contribution in [2.45, 2.75) is 78.0 Å². The number of carbonyl (C=O) groups excluding carboxylic acids is 4. The lowest BCUT2D eigenvalue weighted by atomic mass is 9.87. The van der Waals surface area contributed by atoms with Gasteiger partial charge in [-0.05, 0) is 59.8 Å². The molecule has 6 atom stereocenters. The molecule has 0 amide bonds. The molecule has 3 aliphatic rings. The highest BCUT2D eigenvalue weighted by Gasteiger charge is 2.36. The molecule has 7 heterocycles. The molecule has 0 radical (unpaired) electrons. The van der Waals surface area contributed by atoms with E-state index < -0.39 is 5.60 Å². The van der Waals surface area contributed by atoms with Gasteiger partial charge in [-0.15, -0.1) is 12.4 Å². The average molecular weight is 957 g/mol. The van der Waals surface area contributed by atoms with Crippen LogP contribution in [0.1, 0.15) is 57.8 Å². The van der Waals surface area contributed by atoms with Crippen LogP contribution in [0.4, 0.5) is 35.2 Å². The monoisotopic (exact) mass is 955 g/mol. The Labute approximate surface area is 396 Å². The van der Waals surface area contributed by atoms with Crippen LogP contribution in [0.2, 0.25) is 0 Å². The number of nitrogens with one attached hydrogen (secondary N) is 5. The number of aromatic nitrogens is 8. The molecule has 4 aromatic rings. The first-order valence-electron chi connectivity index (χ1n) is 21.8. The van der Waals surface area contributed by atoms with Gasteiger partial charge in [-0.1, -0.05) is 0 Å². The Kier molecular flexibility index (Phi) is 20.0. The summed E-state index contributed by atoms with van der Waals surface area (Å²) in [7, 11) is 4.17. The first-order valence-corrected chi connectivity index (χ1v) is 21.8. The van der Waals surface area contributed by atoms with Gasteiger partial charge in [0.1, 0.15) is 28.9 Å². The molecule has 3 fully saturated rings. The van der Waals surface area contributed by atoms with Crippen molar-refractivity contribution < 1.29 is 38.1 Å². The number of nitrogens with two attached hydrogens (primary N) is 2. The van der Waals surface area contributed by atoms with Gasteiger partial charge in [0.05, 0.1) is 57.9 Å². The van der Waals surface area contributed by atoms with Gasteiger partial charge in [0.2, 0.25) is 11.9 Å². The molecule has 0 unspecified atom stereocenters. The van der Waals surface area contributed by atoms with Crippen molar-refractivity contribution in [3.8, 4) is 0 Å². The largest absolute Gasteiger partial charge is 0.469 e. The SMILES string of the molecule is COC(=O)[C@@H]1C[C@H](CC(=O)OC(C)(C)C)CN(c2nc(C)cc(Nc3ccn[nH]3)n2)C1.COC(=O)[C@@H]1C[C@H](N)CN(c2nc(C)cc(Nc3ccn[nH]3)n2)C1.COC(=O)[C@H]1CNC[C@@H](N)C1.Cl. The third kappa shape index (κ3) is 16.9. The second-order valence-corrected chi connectivity index (χ2v) is 17.6. The molecular formula is C43H66ClN15O8. The maximum absolute atomic E-state index is 12.4. The highest BCUT2D eigenvalue weighted by molar-refractivity contribution is 5.85. The smallest absolute Gasteiger partial charge is 0.310 e. The molecular weight excluding hydrogens is 890 g/mol. The topological polar surface area (TPSA) is 309 Å². The van der Waals surface area contributed by atoms with Crippen molar-refractivity contribution in [1.29, 1.82) is 0 Å². The van der Waals surface area contributed by atoms with Crippen molar-refractivity contribution in [3.63, 3.8) is 0 Å². The van der Waals surface area contributed by atoms with E-state index in [1.54, 1.807) is 24.5 Å². The second kappa shape index (κ2) is 25.1. The first kappa shape index (κ1) is 53.4. The summed E-state index contributed by atoms with van der Waals surface area (Å²) in [4.78, 5) is 69.6. The number of methoxy groups -OCH3 is 3. The van der Waals surface area contributed by atoms with E-state index in [1.165, 1.54) is 21.3 Å². The van der Waals surface area contributed by atoms with Gasteiger partial charge in [0, 0.05) is 87.0 Å². The van der Waals surface area contributed by atoms with Crippen LogP contribution < -0.4 is 37.2 Å². The Bertz CT molecular complexity index is 2190. The van der Waals surface area contributed by atoms with E-state index in [9.17, 15) is 19.2 Å². The molecule has 9 N–H and O–H groups in total. The molecule has 368 valence electrons. The van der Waals surface area contributed by atoms with Gasteiger partial charge >= 0.3 is 23.9 Å². The number of H-pyrrole nitrogens is 2. The zero-order valence-electron chi connectivity index (χ0n) is 39.4. The highest BCUT2D eigenvalue weighted by Crippen LogP contribution is 2.30. The van der Waals surface area contributed by atoms with E-state index in [0.29, 0.717) is 74.9 Å². The van der Waals surface area contributed by atoms with E-state index in [4.69, 9.17) is 25.7 Å². The number of rotatable bonds is 11. The number of aryl methyl sites for hydroxylation is 2. The second-order valence-electron chi connectivity index (χ2n) is 17.6. The van der Waals surface area contributed by atoms with Crippen LogP contribution in [0.5, 0.6) is 0 Å². The van der Waals surface area contributed by atoms with Crippen LogP contribution in [0, 0.1) is 37.5 Å². The zero-order chi connectivity index (χ0) is 48.0. The fourth-order valence-electron chi connectivity index (χ4n) is 7.87. The number of carbonyl (C=O) groups is 4. The summed E-state index contributed by atoms with van der Waals surface area (Å²) in [5, 5.41) is 22.8. The summed E-state index contributed by atoms with van der Waals surface area (Å²) in [6.07, 6.45) is 5.40. The van der Waals surface area contributed by atoms with E-state index >= 15 is 0 Å². The molecule has 0 bridgehead atoms. The molecule has 0 saturated carbocycles. The Morgan fingerprint density at radius 3 is 1.63 bits per heavy atom. The normalized spacial score (nSPS) is 21.4. The molecule has 67 heavy (non-hydrogen) atoms. The summed E-state index contributed by atoms with van der Waals surface area (Å²) in [6, 6.07) is 7.23. The molecule has 23 nitrogen and oxygen atoms in total. The van der Waals surface area contributed by atoms with Crippen LogP contribution in [0.25, 0.3) is 0 Å². The molecule has 4 aromatic heterocycles. The molecule has 0 aromatic carbocycles. The van der Waals surface area contributed by atoms with Crippen LogP contribution >= 0.6 is 12.4 Å². The van der Waals surface area contributed by atoms with Crippen LogP contribution in [-0.2, 0) is 38.1 Å².